The Morgan fingerprint density at radius 2 is 2.47 bits per heavy atom. The maximum atomic E-state index is 4.55. The molecule has 3 rings (SSSR count). The van der Waals surface area contributed by atoms with Crippen molar-refractivity contribution < 1.29 is 0 Å². The van der Waals surface area contributed by atoms with E-state index in [4.69, 9.17) is 0 Å². The third-order valence-corrected chi connectivity index (χ3v) is 5.10. The Morgan fingerprint density at radius 1 is 1.60 bits per heavy atom. The predicted octanol–water partition coefficient (Wildman–Crippen LogP) is 2.85. The second-order valence-corrected chi connectivity index (χ2v) is 6.50. The monoisotopic (exact) mass is 284 g/mol. The van der Waals surface area contributed by atoms with Crippen molar-refractivity contribution in [2.24, 2.45) is 0 Å². The minimum atomic E-state index is 0.714. The van der Waals surface area contributed by atoms with Crippen molar-refractivity contribution in [3.63, 3.8) is 0 Å². The van der Waals surface area contributed by atoms with Crippen LogP contribution in [0, 0.1) is 6.92 Å². The summed E-state index contributed by atoms with van der Waals surface area (Å²) in [6.45, 7) is 3.25. The number of aromatic nitrogens is 1. The Balaban J connectivity index is 1.93. The summed E-state index contributed by atoms with van der Waals surface area (Å²) in [5.41, 5.74) is 1.21. The van der Waals surface area contributed by atoms with Crippen LogP contribution >= 0.6 is 27.7 Å². The van der Waals surface area contributed by atoms with Crippen molar-refractivity contribution in [1.82, 2.24) is 4.98 Å². The summed E-state index contributed by atoms with van der Waals surface area (Å²) in [7, 11) is 0. The van der Waals surface area contributed by atoms with Gasteiger partial charge in [0.2, 0.25) is 0 Å². The highest BCUT2D eigenvalue weighted by Gasteiger charge is 2.39. The second-order valence-electron chi connectivity index (χ2n) is 4.32. The van der Waals surface area contributed by atoms with Gasteiger partial charge in [-0.15, -0.1) is 0 Å². The highest BCUT2D eigenvalue weighted by molar-refractivity contribution is 9.10. The molecule has 2 fully saturated rings. The molecular formula is C11H13BrN2S. The average molecular weight is 285 g/mol. The zero-order valence-corrected chi connectivity index (χ0v) is 11.0. The number of hydrogen-bond donors (Lipinski definition) is 0. The second kappa shape index (κ2) is 3.67. The van der Waals surface area contributed by atoms with Crippen molar-refractivity contribution in [1.29, 1.82) is 0 Å². The molecule has 2 bridgehead atoms. The number of fused-ring (bicyclic) bond motifs is 2. The Hall–Kier alpha value is -0.220. The molecule has 1 aromatic heterocycles. The standard InChI is InChI=1S/C11H13BrN2S/c1-7-2-10(12)11(13-4-7)14-5-9-3-8(14)6-15-9/h2,4,8-9H,3,5-6H2,1H3. The summed E-state index contributed by atoms with van der Waals surface area (Å²) < 4.78 is 1.14. The van der Waals surface area contributed by atoms with Crippen molar-refractivity contribution in [2.75, 3.05) is 17.2 Å². The Bertz CT molecular complexity index is 396. The Kier molecular flexibility index (Phi) is 2.44. The van der Waals surface area contributed by atoms with Crippen LogP contribution in [0.25, 0.3) is 0 Å². The molecule has 15 heavy (non-hydrogen) atoms. The highest BCUT2D eigenvalue weighted by Crippen LogP contribution is 2.41. The third-order valence-electron chi connectivity index (χ3n) is 3.13. The van der Waals surface area contributed by atoms with Gasteiger partial charge >= 0.3 is 0 Å². The van der Waals surface area contributed by atoms with Crippen molar-refractivity contribution >= 4 is 33.5 Å². The van der Waals surface area contributed by atoms with Gasteiger partial charge < -0.3 is 4.90 Å². The number of nitrogens with zero attached hydrogens (tertiary/aromatic N) is 2. The van der Waals surface area contributed by atoms with Gasteiger partial charge in [0.05, 0.1) is 4.47 Å². The van der Waals surface area contributed by atoms with E-state index in [0.717, 1.165) is 15.5 Å². The van der Waals surface area contributed by atoms with E-state index in [1.807, 2.05) is 6.20 Å². The zero-order valence-electron chi connectivity index (χ0n) is 8.61. The summed E-state index contributed by atoms with van der Waals surface area (Å²) in [4.78, 5) is 7.01. The normalized spacial score (nSPS) is 28.8. The number of halogens is 1. The van der Waals surface area contributed by atoms with Crippen LogP contribution in [0.1, 0.15) is 12.0 Å². The van der Waals surface area contributed by atoms with Crippen molar-refractivity contribution in [2.45, 2.75) is 24.6 Å². The number of rotatable bonds is 1. The van der Waals surface area contributed by atoms with Crippen LogP contribution in [0.15, 0.2) is 16.7 Å². The molecule has 0 saturated carbocycles. The first kappa shape index (κ1) is 9.97. The molecule has 0 amide bonds. The molecule has 2 aliphatic rings. The molecule has 0 N–H and O–H groups in total. The van der Waals surface area contributed by atoms with E-state index in [-0.39, 0.29) is 0 Å². The summed E-state index contributed by atoms with van der Waals surface area (Å²) >= 11 is 5.73. The highest BCUT2D eigenvalue weighted by atomic mass is 79.9. The van der Waals surface area contributed by atoms with E-state index in [1.165, 1.54) is 24.3 Å². The van der Waals surface area contributed by atoms with E-state index >= 15 is 0 Å². The van der Waals surface area contributed by atoms with Crippen LogP contribution in [0.3, 0.4) is 0 Å². The van der Waals surface area contributed by atoms with Gasteiger partial charge in [0.15, 0.2) is 0 Å². The molecule has 2 nitrogen and oxygen atoms in total. The molecule has 0 radical (unpaired) electrons. The number of anilines is 1. The molecule has 3 heterocycles. The van der Waals surface area contributed by atoms with Crippen LogP contribution < -0.4 is 4.90 Å². The predicted molar refractivity (Wildman–Crippen MR) is 68.7 cm³/mol. The number of thioether (sulfide) groups is 1. The van der Waals surface area contributed by atoms with Gasteiger partial charge in [0.1, 0.15) is 5.82 Å². The number of aryl methyl sites for hydroxylation is 1. The van der Waals surface area contributed by atoms with E-state index < -0.39 is 0 Å². The van der Waals surface area contributed by atoms with Gasteiger partial charge in [-0.05, 0) is 40.9 Å². The number of pyridine rings is 1. The van der Waals surface area contributed by atoms with Crippen LogP contribution in [-0.2, 0) is 0 Å². The molecule has 2 aliphatic heterocycles. The SMILES string of the molecule is Cc1cnc(N2CC3CC2CS3)c(Br)c1. The van der Waals surface area contributed by atoms with Gasteiger partial charge in [-0.1, -0.05) is 0 Å². The Morgan fingerprint density at radius 3 is 3.07 bits per heavy atom. The lowest BCUT2D eigenvalue weighted by Gasteiger charge is -2.28. The molecule has 0 aromatic carbocycles. The Labute approximate surface area is 103 Å². The smallest absolute Gasteiger partial charge is 0.143 e. The summed E-state index contributed by atoms with van der Waals surface area (Å²) in [5, 5.41) is 0.838. The van der Waals surface area contributed by atoms with E-state index in [0.29, 0.717) is 6.04 Å². The van der Waals surface area contributed by atoms with Gasteiger partial charge in [0.25, 0.3) is 0 Å². The van der Waals surface area contributed by atoms with Gasteiger partial charge in [-0.2, -0.15) is 11.8 Å². The molecular weight excluding hydrogens is 272 g/mol. The average Bonchev–Trinajstić information content (AvgIpc) is 2.78. The van der Waals surface area contributed by atoms with Crippen LogP contribution in [0.5, 0.6) is 0 Å². The molecule has 4 heteroatoms. The molecule has 1 aromatic rings. The minimum Gasteiger partial charge on any atom is -0.351 e. The molecule has 0 spiro atoms. The first-order valence-electron chi connectivity index (χ1n) is 5.24. The number of hydrogen-bond acceptors (Lipinski definition) is 3. The maximum Gasteiger partial charge on any atom is 0.143 e. The van der Waals surface area contributed by atoms with E-state index in [9.17, 15) is 0 Å². The van der Waals surface area contributed by atoms with Crippen molar-refractivity contribution in [3.8, 4) is 0 Å². The lowest BCUT2D eigenvalue weighted by atomic mass is 10.2. The minimum absolute atomic E-state index is 0.714. The van der Waals surface area contributed by atoms with Gasteiger partial charge in [0, 0.05) is 29.8 Å². The van der Waals surface area contributed by atoms with Gasteiger partial charge in [-0.25, -0.2) is 4.98 Å². The van der Waals surface area contributed by atoms with Crippen LogP contribution in [0.4, 0.5) is 5.82 Å². The van der Waals surface area contributed by atoms with E-state index in [1.54, 1.807) is 0 Å². The van der Waals surface area contributed by atoms with Crippen LogP contribution in [0.2, 0.25) is 0 Å². The largest absolute Gasteiger partial charge is 0.351 e. The molecule has 80 valence electrons. The first-order valence-corrected chi connectivity index (χ1v) is 7.08. The quantitative estimate of drug-likeness (QED) is 0.789. The first-order chi connectivity index (χ1) is 7.24. The van der Waals surface area contributed by atoms with E-state index in [2.05, 4.69) is 50.6 Å². The van der Waals surface area contributed by atoms with Gasteiger partial charge in [-0.3, -0.25) is 0 Å². The molecule has 0 aliphatic carbocycles. The van der Waals surface area contributed by atoms with Crippen LogP contribution in [-0.4, -0.2) is 28.6 Å². The fourth-order valence-corrected chi connectivity index (χ4v) is 4.52. The summed E-state index contributed by atoms with van der Waals surface area (Å²) in [6.07, 6.45) is 3.30. The lowest BCUT2D eigenvalue weighted by Crippen LogP contribution is -2.34. The fourth-order valence-electron chi connectivity index (χ4n) is 2.40. The molecule has 2 atom stereocenters. The molecule has 2 unspecified atom stereocenters. The summed E-state index contributed by atoms with van der Waals surface area (Å²) in [5.74, 6) is 2.40. The van der Waals surface area contributed by atoms with Crippen molar-refractivity contribution in [3.05, 3.63) is 22.3 Å². The lowest BCUT2D eigenvalue weighted by molar-refractivity contribution is 0.750. The zero-order chi connectivity index (χ0) is 10.4. The maximum absolute atomic E-state index is 4.55. The summed E-state index contributed by atoms with van der Waals surface area (Å²) in [6, 6.07) is 2.87. The third kappa shape index (κ3) is 1.68. The fraction of sp³-hybridized carbons (Fsp3) is 0.545. The molecule has 2 saturated heterocycles. The topological polar surface area (TPSA) is 16.1 Å².